The van der Waals surface area contributed by atoms with Crippen molar-refractivity contribution in [1.82, 2.24) is 4.98 Å². The van der Waals surface area contributed by atoms with E-state index in [0.29, 0.717) is 11.6 Å². The van der Waals surface area contributed by atoms with Crippen LogP contribution in [0.3, 0.4) is 0 Å². The van der Waals surface area contributed by atoms with Crippen molar-refractivity contribution in [3.8, 4) is 5.75 Å². The van der Waals surface area contributed by atoms with Crippen LogP contribution >= 0.6 is 11.6 Å². The van der Waals surface area contributed by atoms with E-state index in [-0.39, 0.29) is 0 Å². The third kappa shape index (κ3) is 2.93. The molecule has 0 aliphatic heterocycles. The fraction of sp³-hybridized carbons (Fsp3) is 0.214. The number of nitrogens with one attached hydrogen (secondary N) is 1. The van der Waals surface area contributed by atoms with Crippen LogP contribution in [0.2, 0.25) is 5.02 Å². The normalized spacial score (nSPS) is 10.2. The minimum absolute atomic E-state index is 0.649. The highest BCUT2D eigenvalue weighted by molar-refractivity contribution is 6.30. The molecule has 3 nitrogen and oxygen atoms in total. The first-order valence-corrected chi connectivity index (χ1v) is 6.06. The minimum Gasteiger partial charge on any atom is -0.496 e. The number of ether oxygens (including phenoxy) is 1. The largest absolute Gasteiger partial charge is 0.496 e. The predicted molar refractivity (Wildman–Crippen MR) is 74.3 cm³/mol. The molecule has 2 rings (SSSR count). The van der Waals surface area contributed by atoms with E-state index in [1.807, 2.05) is 37.3 Å². The number of rotatable bonds is 4. The van der Waals surface area contributed by atoms with E-state index < -0.39 is 0 Å². The molecule has 1 N–H and O–H groups in total. The molecule has 0 bridgehead atoms. The van der Waals surface area contributed by atoms with Crippen molar-refractivity contribution in [2.24, 2.45) is 0 Å². The van der Waals surface area contributed by atoms with Crippen molar-refractivity contribution in [2.45, 2.75) is 13.5 Å². The number of anilines is 1. The lowest BCUT2D eigenvalue weighted by Crippen LogP contribution is -2.03. The Morgan fingerprint density at radius 2 is 2.17 bits per heavy atom. The fourth-order valence-electron chi connectivity index (χ4n) is 1.75. The smallest absolute Gasteiger partial charge is 0.123 e. The Labute approximate surface area is 112 Å². The van der Waals surface area contributed by atoms with Crippen LogP contribution < -0.4 is 10.1 Å². The van der Waals surface area contributed by atoms with Gasteiger partial charge in [0.25, 0.3) is 0 Å². The average molecular weight is 263 g/mol. The van der Waals surface area contributed by atoms with E-state index in [1.54, 1.807) is 13.3 Å². The maximum Gasteiger partial charge on any atom is 0.123 e. The van der Waals surface area contributed by atoms with Crippen LogP contribution in [0.1, 0.15) is 11.3 Å². The lowest BCUT2D eigenvalue weighted by Gasteiger charge is -2.12. The van der Waals surface area contributed by atoms with E-state index in [0.717, 1.165) is 22.7 Å². The van der Waals surface area contributed by atoms with Crippen LogP contribution in [0, 0.1) is 6.92 Å². The molecule has 0 unspecified atom stereocenters. The fourth-order valence-corrected chi connectivity index (χ4v) is 1.94. The van der Waals surface area contributed by atoms with Gasteiger partial charge in [0.2, 0.25) is 0 Å². The summed E-state index contributed by atoms with van der Waals surface area (Å²) in [5.41, 5.74) is 3.01. The highest BCUT2D eigenvalue weighted by Crippen LogP contribution is 2.23. The van der Waals surface area contributed by atoms with Gasteiger partial charge in [0.15, 0.2) is 0 Å². The van der Waals surface area contributed by atoms with E-state index >= 15 is 0 Å². The van der Waals surface area contributed by atoms with Crippen LogP contribution in [0.4, 0.5) is 5.69 Å². The van der Waals surface area contributed by atoms with Crippen LogP contribution in [-0.4, -0.2) is 12.1 Å². The average Bonchev–Trinajstić information content (AvgIpc) is 2.38. The summed E-state index contributed by atoms with van der Waals surface area (Å²) in [5.74, 6) is 0.827. The summed E-state index contributed by atoms with van der Waals surface area (Å²) in [6, 6.07) is 9.50. The van der Waals surface area contributed by atoms with Gasteiger partial charge in [0.1, 0.15) is 5.75 Å². The molecule has 0 aliphatic carbocycles. The summed E-state index contributed by atoms with van der Waals surface area (Å²) in [6.07, 6.45) is 1.78. The summed E-state index contributed by atoms with van der Waals surface area (Å²) < 4.78 is 5.30. The van der Waals surface area contributed by atoms with Gasteiger partial charge >= 0.3 is 0 Å². The van der Waals surface area contributed by atoms with Gasteiger partial charge in [-0.1, -0.05) is 11.6 Å². The summed E-state index contributed by atoms with van der Waals surface area (Å²) in [6.45, 7) is 2.62. The van der Waals surface area contributed by atoms with Crippen molar-refractivity contribution in [3.63, 3.8) is 0 Å². The monoisotopic (exact) mass is 262 g/mol. The standard InChI is InChI=1S/C14H15ClN2O/c1-10-13(4-3-7-16-10)17-9-11-8-12(15)5-6-14(11)18-2/h3-8,17H,9H2,1-2H3. The number of halogens is 1. The molecule has 0 saturated carbocycles. The zero-order valence-electron chi connectivity index (χ0n) is 10.4. The van der Waals surface area contributed by atoms with E-state index in [2.05, 4.69) is 10.3 Å². The SMILES string of the molecule is COc1ccc(Cl)cc1CNc1cccnc1C. The molecule has 2 aromatic rings. The first kappa shape index (κ1) is 12.7. The maximum absolute atomic E-state index is 5.99. The van der Waals surface area contributed by atoms with Crippen LogP contribution in [0.15, 0.2) is 36.5 Å². The summed E-state index contributed by atoms with van der Waals surface area (Å²) >= 11 is 5.99. The Hall–Kier alpha value is -1.74. The molecule has 0 atom stereocenters. The topological polar surface area (TPSA) is 34.1 Å². The molecule has 0 fully saturated rings. The predicted octanol–water partition coefficient (Wildman–Crippen LogP) is 3.66. The first-order chi connectivity index (χ1) is 8.70. The molecule has 4 heteroatoms. The van der Waals surface area contributed by atoms with Crippen molar-refractivity contribution < 1.29 is 4.74 Å². The van der Waals surface area contributed by atoms with Crippen molar-refractivity contribution in [1.29, 1.82) is 0 Å². The highest BCUT2D eigenvalue weighted by Gasteiger charge is 2.04. The molecule has 1 aromatic heterocycles. The molecule has 0 spiro atoms. The number of benzene rings is 1. The second-order valence-corrected chi connectivity index (χ2v) is 4.38. The number of nitrogens with zero attached hydrogens (tertiary/aromatic N) is 1. The first-order valence-electron chi connectivity index (χ1n) is 5.68. The molecule has 0 saturated heterocycles. The van der Waals surface area contributed by atoms with Crippen molar-refractivity contribution >= 4 is 17.3 Å². The van der Waals surface area contributed by atoms with Gasteiger partial charge in [-0.15, -0.1) is 0 Å². The number of aromatic nitrogens is 1. The molecule has 18 heavy (non-hydrogen) atoms. The second kappa shape index (κ2) is 5.74. The van der Waals surface area contributed by atoms with Crippen LogP contribution in [0.25, 0.3) is 0 Å². The molecule has 1 heterocycles. The van der Waals surface area contributed by atoms with E-state index in [1.165, 1.54) is 0 Å². The molecule has 94 valence electrons. The van der Waals surface area contributed by atoms with E-state index in [9.17, 15) is 0 Å². The number of hydrogen-bond donors (Lipinski definition) is 1. The molecule has 0 radical (unpaired) electrons. The Morgan fingerprint density at radius 3 is 2.89 bits per heavy atom. The molecular formula is C14H15ClN2O. The number of aryl methyl sites for hydroxylation is 1. The zero-order chi connectivity index (χ0) is 13.0. The Bertz CT molecular complexity index is 543. The molecule has 0 amide bonds. The van der Waals surface area contributed by atoms with Crippen LogP contribution in [-0.2, 0) is 6.54 Å². The number of hydrogen-bond acceptors (Lipinski definition) is 3. The van der Waals surface area contributed by atoms with Gasteiger partial charge < -0.3 is 10.1 Å². The summed E-state index contributed by atoms with van der Waals surface area (Å²) in [4.78, 5) is 4.23. The molecule has 1 aromatic carbocycles. The zero-order valence-corrected chi connectivity index (χ0v) is 11.2. The van der Waals surface area contributed by atoms with Gasteiger partial charge in [0.05, 0.1) is 18.5 Å². The Balaban J connectivity index is 2.15. The van der Waals surface area contributed by atoms with Gasteiger partial charge in [-0.25, -0.2) is 0 Å². The third-order valence-corrected chi connectivity index (χ3v) is 2.95. The lowest BCUT2D eigenvalue weighted by molar-refractivity contribution is 0.410. The van der Waals surface area contributed by atoms with Crippen molar-refractivity contribution in [2.75, 3.05) is 12.4 Å². The van der Waals surface area contributed by atoms with Crippen LogP contribution in [0.5, 0.6) is 5.75 Å². The maximum atomic E-state index is 5.99. The minimum atomic E-state index is 0.649. The number of pyridine rings is 1. The highest BCUT2D eigenvalue weighted by atomic mass is 35.5. The van der Waals surface area contributed by atoms with Gasteiger partial charge in [-0.2, -0.15) is 0 Å². The number of methoxy groups -OCH3 is 1. The van der Waals surface area contributed by atoms with Gasteiger partial charge in [0, 0.05) is 23.3 Å². The third-order valence-electron chi connectivity index (χ3n) is 2.72. The molecule has 0 aliphatic rings. The molecular weight excluding hydrogens is 248 g/mol. The Morgan fingerprint density at radius 1 is 1.33 bits per heavy atom. The van der Waals surface area contributed by atoms with Gasteiger partial charge in [-0.05, 0) is 37.3 Å². The Kier molecular flexibility index (Phi) is 4.05. The van der Waals surface area contributed by atoms with Crippen molar-refractivity contribution in [3.05, 3.63) is 52.8 Å². The quantitative estimate of drug-likeness (QED) is 0.913. The second-order valence-electron chi connectivity index (χ2n) is 3.95. The van der Waals surface area contributed by atoms with Gasteiger partial charge in [-0.3, -0.25) is 4.98 Å². The van der Waals surface area contributed by atoms with E-state index in [4.69, 9.17) is 16.3 Å². The summed E-state index contributed by atoms with van der Waals surface area (Å²) in [7, 11) is 1.65. The lowest BCUT2D eigenvalue weighted by atomic mass is 10.2. The summed E-state index contributed by atoms with van der Waals surface area (Å²) in [5, 5.41) is 4.03.